The highest BCUT2D eigenvalue weighted by molar-refractivity contribution is 9.10. The van der Waals surface area contributed by atoms with Crippen LogP contribution in [0.2, 0.25) is 0 Å². The fourth-order valence-corrected chi connectivity index (χ4v) is 2.73. The van der Waals surface area contributed by atoms with Crippen molar-refractivity contribution in [1.29, 1.82) is 0 Å². The predicted molar refractivity (Wildman–Crippen MR) is 68.8 cm³/mol. The fraction of sp³-hybridized carbons (Fsp3) is 0.417. The van der Waals surface area contributed by atoms with Crippen molar-refractivity contribution >= 4 is 33.5 Å². The molecule has 1 heterocycles. The van der Waals surface area contributed by atoms with Crippen molar-refractivity contribution in [3.05, 3.63) is 28.7 Å². The monoisotopic (exact) mass is 300 g/mol. The summed E-state index contributed by atoms with van der Waals surface area (Å²) in [5.41, 5.74) is 0. The van der Waals surface area contributed by atoms with E-state index >= 15 is 0 Å². The third-order valence-corrected chi connectivity index (χ3v) is 4.14. The Bertz CT molecular complexity index is 358. The number of benzene rings is 1. The van der Waals surface area contributed by atoms with E-state index < -0.39 is 0 Å². The molecule has 1 aliphatic rings. The molecule has 86 valence electrons. The topological polar surface area (TPSA) is 26.3 Å². The van der Waals surface area contributed by atoms with Crippen LogP contribution in [0.4, 0.5) is 0 Å². The van der Waals surface area contributed by atoms with Crippen LogP contribution >= 0.6 is 27.7 Å². The lowest BCUT2D eigenvalue weighted by molar-refractivity contribution is -0.120. The first kappa shape index (κ1) is 12.1. The lowest BCUT2D eigenvalue weighted by Gasteiger charge is -2.06. The van der Waals surface area contributed by atoms with Crippen LogP contribution in [0.5, 0.6) is 0 Å². The molecule has 1 aliphatic heterocycles. The van der Waals surface area contributed by atoms with Gasteiger partial charge in [-0.15, -0.1) is 11.8 Å². The van der Waals surface area contributed by atoms with Gasteiger partial charge in [0, 0.05) is 21.9 Å². The van der Waals surface area contributed by atoms with Crippen molar-refractivity contribution in [3.63, 3.8) is 0 Å². The van der Waals surface area contributed by atoms with Gasteiger partial charge in [-0.1, -0.05) is 15.9 Å². The van der Waals surface area contributed by atoms with Gasteiger partial charge in [-0.2, -0.15) is 0 Å². The second-order valence-corrected chi connectivity index (χ2v) is 5.73. The van der Waals surface area contributed by atoms with E-state index in [0.717, 1.165) is 22.4 Å². The quantitative estimate of drug-likeness (QED) is 0.799. The maximum Gasteiger partial charge on any atom is 0.148 e. The highest BCUT2D eigenvalue weighted by Gasteiger charge is 2.22. The first-order valence-corrected chi connectivity index (χ1v) is 7.02. The Kier molecular flexibility index (Phi) is 4.44. The van der Waals surface area contributed by atoms with Gasteiger partial charge in [-0.25, -0.2) is 0 Å². The summed E-state index contributed by atoms with van der Waals surface area (Å²) in [6.45, 7) is 1.35. The van der Waals surface area contributed by atoms with E-state index in [1.807, 2.05) is 24.3 Å². The predicted octanol–water partition coefficient (Wildman–Crippen LogP) is 3.15. The molecule has 2 nitrogen and oxygen atoms in total. The van der Waals surface area contributed by atoms with Crippen LogP contribution in [0.3, 0.4) is 0 Å². The molecule has 1 aromatic rings. The zero-order chi connectivity index (χ0) is 11.4. The molecule has 0 spiro atoms. The van der Waals surface area contributed by atoms with E-state index in [-0.39, 0.29) is 5.92 Å². The molecule has 0 aromatic heterocycles. The van der Waals surface area contributed by atoms with Gasteiger partial charge >= 0.3 is 0 Å². The Morgan fingerprint density at radius 2 is 2.19 bits per heavy atom. The summed E-state index contributed by atoms with van der Waals surface area (Å²) in [6.07, 6.45) is 0.889. The summed E-state index contributed by atoms with van der Waals surface area (Å²) in [4.78, 5) is 12.9. The molecular formula is C12H13BrO2S. The summed E-state index contributed by atoms with van der Waals surface area (Å²) in [6, 6.07) is 8.03. The molecule has 0 radical (unpaired) electrons. The van der Waals surface area contributed by atoms with Gasteiger partial charge in [0.15, 0.2) is 0 Å². The molecule has 0 amide bonds. The number of halogens is 1. The third-order valence-electron chi connectivity index (χ3n) is 2.58. The maximum absolute atomic E-state index is 11.8. The minimum atomic E-state index is 0.128. The number of thioether (sulfide) groups is 1. The summed E-state index contributed by atoms with van der Waals surface area (Å²) < 4.78 is 6.27. The average Bonchev–Trinajstić information content (AvgIpc) is 2.81. The highest BCUT2D eigenvalue weighted by atomic mass is 79.9. The minimum Gasteiger partial charge on any atom is -0.381 e. The van der Waals surface area contributed by atoms with Crippen molar-refractivity contribution in [1.82, 2.24) is 0 Å². The standard InChI is InChI=1S/C12H13BrO2S/c13-10-1-3-11(4-2-10)16-8-12(14)9-5-6-15-7-9/h1-4,9H,5-8H2. The first-order chi connectivity index (χ1) is 7.75. The lowest BCUT2D eigenvalue weighted by atomic mass is 10.1. The Balaban J connectivity index is 1.82. The van der Waals surface area contributed by atoms with E-state index in [2.05, 4.69) is 15.9 Å². The van der Waals surface area contributed by atoms with Crippen molar-refractivity contribution in [2.75, 3.05) is 19.0 Å². The third kappa shape index (κ3) is 3.34. The zero-order valence-electron chi connectivity index (χ0n) is 8.82. The number of carbonyl (C=O) groups is 1. The molecule has 0 bridgehead atoms. The molecule has 1 saturated heterocycles. The average molecular weight is 301 g/mol. The van der Waals surface area contributed by atoms with Gasteiger partial charge in [0.2, 0.25) is 0 Å². The lowest BCUT2D eigenvalue weighted by Crippen LogP contribution is -2.16. The molecule has 0 aliphatic carbocycles. The van der Waals surface area contributed by atoms with Gasteiger partial charge in [0.1, 0.15) is 5.78 Å². The summed E-state index contributed by atoms with van der Waals surface area (Å²) in [5.74, 6) is 0.990. The van der Waals surface area contributed by atoms with Crippen molar-refractivity contribution in [2.45, 2.75) is 11.3 Å². The van der Waals surface area contributed by atoms with Gasteiger partial charge in [0.05, 0.1) is 12.4 Å². The first-order valence-electron chi connectivity index (χ1n) is 5.24. The largest absolute Gasteiger partial charge is 0.381 e. The van der Waals surface area contributed by atoms with Gasteiger partial charge < -0.3 is 4.74 Å². The van der Waals surface area contributed by atoms with Crippen LogP contribution in [-0.2, 0) is 9.53 Å². The van der Waals surface area contributed by atoms with E-state index in [1.165, 1.54) is 0 Å². The number of carbonyl (C=O) groups excluding carboxylic acids is 1. The van der Waals surface area contributed by atoms with Crippen LogP contribution in [0.15, 0.2) is 33.6 Å². The van der Waals surface area contributed by atoms with E-state index in [0.29, 0.717) is 18.1 Å². The fourth-order valence-electron chi connectivity index (χ4n) is 1.59. The second kappa shape index (κ2) is 5.84. The molecule has 1 fully saturated rings. The Morgan fingerprint density at radius 1 is 1.44 bits per heavy atom. The Morgan fingerprint density at radius 3 is 2.81 bits per heavy atom. The van der Waals surface area contributed by atoms with Crippen molar-refractivity contribution in [3.8, 4) is 0 Å². The van der Waals surface area contributed by atoms with Gasteiger partial charge in [0.25, 0.3) is 0 Å². The summed E-state index contributed by atoms with van der Waals surface area (Å²) >= 11 is 4.98. The van der Waals surface area contributed by atoms with Crippen LogP contribution in [0.25, 0.3) is 0 Å². The van der Waals surface area contributed by atoms with Crippen LogP contribution in [-0.4, -0.2) is 24.7 Å². The SMILES string of the molecule is O=C(CSc1ccc(Br)cc1)C1CCOC1. The molecule has 2 rings (SSSR count). The molecular weight excluding hydrogens is 288 g/mol. The molecule has 1 aromatic carbocycles. The maximum atomic E-state index is 11.8. The van der Waals surface area contributed by atoms with E-state index in [4.69, 9.17) is 4.74 Å². The van der Waals surface area contributed by atoms with Crippen molar-refractivity contribution < 1.29 is 9.53 Å². The number of Topliss-reactive ketones (excluding diaryl/α,β-unsaturated/α-hetero) is 1. The molecule has 16 heavy (non-hydrogen) atoms. The highest BCUT2D eigenvalue weighted by Crippen LogP contribution is 2.23. The molecule has 0 saturated carbocycles. The summed E-state index contributed by atoms with van der Waals surface area (Å²) in [5, 5.41) is 0. The molecule has 1 unspecified atom stereocenters. The molecule has 4 heteroatoms. The van der Waals surface area contributed by atoms with Crippen LogP contribution in [0, 0.1) is 5.92 Å². The minimum absolute atomic E-state index is 0.128. The van der Waals surface area contributed by atoms with E-state index in [9.17, 15) is 4.79 Å². The van der Waals surface area contributed by atoms with E-state index in [1.54, 1.807) is 11.8 Å². The van der Waals surface area contributed by atoms with Crippen molar-refractivity contribution in [2.24, 2.45) is 5.92 Å². The number of hydrogen-bond acceptors (Lipinski definition) is 3. The summed E-state index contributed by atoms with van der Waals surface area (Å²) in [7, 11) is 0. The Hall–Kier alpha value is -0.320. The Labute approximate surface area is 108 Å². The van der Waals surface area contributed by atoms with Crippen LogP contribution in [0.1, 0.15) is 6.42 Å². The second-order valence-electron chi connectivity index (χ2n) is 3.77. The van der Waals surface area contributed by atoms with Gasteiger partial charge in [-0.3, -0.25) is 4.79 Å². The number of rotatable bonds is 4. The number of hydrogen-bond donors (Lipinski definition) is 0. The molecule has 0 N–H and O–H groups in total. The number of ketones is 1. The van der Waals surface area contributed by atoms with Crippen LogP contribution < -0.4 is 0 Å². The molecule has 1 atom stereocenters. The normalized spacial score (nSPS) is 19.9. The number of ether oxygens (including phenoxy) is 1. The zero-order valence-corrected chi connectivity index (χ0v) is 11.2. The van der Waals surface area contributed by atoms with Gasteiger partial charge in [-0.05, 0) is 30.7 Å². The smallest absolute Gasteiger partial charge is 0.148 e.